The van der Waals surface area contributed by atoms with E-state index in [-0.39, 0.29) is 5.92 Å². The van der Waals surface area contributed by atoms with E-state index in [1.165, 1.54) is 51.7 Å². The molecule has 1 fully saturated rings. The van der Waals surface area contributed by atoms with Crippen molar-refractivity contribution in [3.05, 3.63) is 0 Å². The molecule has 0 spiro atoms. The number of rotatable bonds is 9. The molecule has 0 aliphatic carbocycles. The van der Waals surface area contributed by atoms with Gasteiger partial charge in [0.1, 0.15) is 0 Å². The first-order chi connectivity index (χ1) is 9.65. The van der Waals surface area contributed by atoms with Crippen LogP contribution in [0.4, 0.5) is 0 Å². The van der Waals surface area contributed by atoms with Gasteiger partial charge in [-0.1, -0.05) is 46.5 Å². The lowest BCUT2D eigenvalue weighted by molar-refractivity contribution is -0.142. The summed E-state index contributed by atoms with van der Waals surface area (Å²) in [6, 6.07) is 0. The third-order valence-electron chi connectivity index (χ3n) is 4.02. The zero-order valence-electron chi connectivity index (χ0n) is 13.9. The Kier molecular flexibility index (Phi) is 13.0. The Morgan fingerprint density at radius 1 is 1.05 bits per heavy atom. The standard InChI is InChI=1S/C9H19N.C8H16O2/c1-2-3-4-7-10-8-5-6-9-10;1-3-5-6-7(4-2)8(9)10/h2-9H2,1H3;7H,3-6H2,1-2H3,(H,9,10). The predicted octanol–water partition coefficient (Wildman–Crippen LogP) is 4.56. The molecule has 1 aliphatic rings. The molecule has 3 heteroatoms. The molecule has 1 aliphatic heterocycles. The van der Waals surface area contributed by atoms with Crippen molar-refractivity contribution in [3.63, 3.8) is 0 Å². The van der Waals surface area contributed by atoms with Crippen LogP contribution in [0.2, 0.25) is 0 Å². The van der Waals surface area contributed by atoms with Gasteiger partial charge in [0.05, 0.1) is 5.92 Å². The summed E-state index contributed by atoms with van der Waals surface area (Å²) in [6.07, 6.45) is 10.8. The van der Waals surface area contributed by atoms with Gasteiger partial charge in [-0.25, -0.2) is 0 Å². The van der Waals surface area contributed by atoms with Crippen LogP contribution in [-0.2, 0) is 4.79 Å². The Morgan fingerprint density at radius 2 is 1.65 bits per heavy atom. The molecule has 1 rings (SSSR count). The Labute approximate surface area is 125 Å². The zero-order chi connectivity index (χ0) is 15.2. The molecule has 0 saturated carbocycles. The summed E-state index contributed by atoms with van der Waals surface area (Å²) in [5.74, 6) is -0.754. The van der Waals surface area contributed by atoms with E-state index < -0.39 is 5.97 Å². The topological polar surface area (TPSA) is 40.5 Å². The second-order valence-electron chi connectivity index (χ2n) is 5.84. The number of nitrogens with zero attached hydrogens (tertiary/aromatic N) is 1. The lowest BCUT2D eigenvalue weighted by Crippen LogP contribution is -2.20. The summed E-state index contributed by atoms with van der Waals surface area (Å²) in [5.41, 5.74) is 0. The molecule has 1 atom stereocenters. The molecule has 1 heterocycles. The molecular weight excluding hydrogens is 250 g/mol. The van der Waals surface area contributed by atoms with E-state index in [9.17, 15) is 4.79 Å². The quantitative estimate of drug-likeness (QED) is 0.631. The first-order valence-corrected chi connectivity index (χ1v) is 8.60. The molecule has 1 unspecified atom stereocenters. The van der Waals surface area contributed by atoms with Gasteiger partial charge in [-0.3, -0.25) is 4.79 Å². The maximum Gasteiger partial charge on any atom is 0.306 e. The average Bonchev–Trinajstić information content (AvgIpc) is 2.94. The highest BCUT2D eigenvalue weighted by atomic mass is 16.4. The summed E-state index contributed by atoms with van der Waals surface area (Å²) in [6.45, 7) is 10.4. The summed E-state index contributed by atoms with van der Waals surface area (Å²) in [5, 5.41) is 8.60. The molecule has 0 bridgehead atoms. The first kappa shape index (κ1) is 19.4. The monoisotopic (exact) mass is 285 g/mol. The minimum atomic E-state index is -0.643. The SMILES string of the molecule is CCCCC(CC)C(=O)O.CCCCCN1CCCC1. The fraction of sp³-hybridized carbons (Fsp3) is 0.941. The highest BCUT2D eigenvalue weighted by Crippen LogP contribution is 2.11. The second kappa shape index (κ2) is 13.4. The van der Waals surface area contributed by atoms with Gasteiger partial charge in [-0.2, -0.15) is 0 Å². The molecule has 0 aromatic rings. The average molecular weight is 285 g/mol. The van der Waals surface area contributed by atoms with Crippen LogP contribution in [0.3, 0.4) is 0 Å². The van der Waals surface area contributed by atoms with Crippen molar-refractivity contribution >= 4 is 5.97 Å². The molecule has 0 amide bonds. The molecule has 1 N–H and O–H groups in total. The van der Waals surface area contributed by atoms with E-state index >= 15 is 0 Å². The molecular formula is C17H35NO2. The zero-order valence-corrected chi connectivity index (χ0v) is 13.9. The molecule has 120 valence electrons. The fourth-order valence-electron chi connectivity index (χ4n) is 2.54. The van der Waals surface area contributed by atoms with Gasteiger partial charge in [-0.15, -0.1) is 0 Å². The van der Waals surface area contributed by atoms with Gasteiger partial charge in [0, 0.05) is 0 Å². The van der Waals surface area contributed by atoms with E-state index in [1.54, 1.807) is 0 Å². The van der Waals surface area contributed by atoms with Crippen LogP contribution >= 0.6 is 0 Å². The van der Waals surface area contributed by atoms with E-state index in [0.29, 0.717) is 0 Å². The molecule has 0 aromatic heterocycles. The molecule has 3 nitrogen and oxygen atoms in total. The third kappa shape index (κ3) is 10.2. The molecule has 20 heavy (non-hydrogen) atoms. The third-order valence-corrected chi connectivity index (χ3v) is 4.02. The van der Waals surface area contributed by atoms with Crippen molar-refractivity contribution in [3.8, 4) is 0 Å². The molecule has 1 saturated heterocycles. The Hall–Kier alpha value is -0.570. The van der Waals surface area contributed by atoms with Crippen LogP contribution in [0.5, 0.6) is 0 Å². The number of carboxylic acid groups (broad SMARTS) is 1. The number of carboxylic acids is 1. The van der Waals surface area contributed by atoms with Crippen LogP contribution in [0.1, 0.15) is 78.6 Å². The Morgan fingerprint density at radius 3 is 2.10 bits per heavy atom. The number of likely N-dealkylation sites (tertiary alicyclic amines) is 1. The van der Waals surface area contributed by atoms with Gasteiger partial charge in [0.15, 0.2) is 0 Å². The van der Waals surface area contributed by atoms with Crippen LogP contribution in [0.25, 0.3) is 0 Å². The van der Waals surface area contributed by atoms with Crippen LogP contribution < -0.4 is 0 Å². The first-order valence-electron chi connectivity index (χ1n) is 8.60. The Balaban J connectivity index is 0.000000361. The minimum absolute atomic E-state index is 0.111. The maximum absolute atomic E-state index is 10.4. The molecule has 0 aromatic carbocycles. The lowest BCUT2D eigenvalue weighted by atomic mass is 10.00. The fourth-order valence-corrected chi connectivity index (χ4v) is 2.54. The van der Waals surface area contributed by atoms with E-state index in [2.05, 4.69) is 18.7 Å². The number of carbonyl (C=O) groups is 1. The number of unbranched alkanes of at least 4 members (excludes halogenated alkanes) is 3. The summed E-state index contributed by atoms with van der Waals surface area (Å²) >= 11 is 0. The lowest BCUT2D eigenvalue weighted by Gasteiger charge is -2.12. The maximum atomic E-state index is 10.4. The van der Waals surface area contributed by atoms with Gasteiger partial charge in [0.25, 0.3) is 0 Å². The van der Waals surface area contributed by atoms with Crippen molar-refractivity contribution in [2.45, 2.75) is 78.6 Å². The summed E-state index contributed by atoms with van der Waals surface area (Å²) < 4.78 is 0. The van der Waals surface area contributed by atoms with E-state index in [4.69, 9.17) is 5.11 Å². The predicted molar refractivity (Wildman–Crippen MR) is 86.1 cm³/mol. The van der Waals surface area contributed by atoms with Gasteiger partial charge in [-0.05, 0) is 51.7 Å². The van der Waals surface area contributed by atoms with Crippen molar-refractivity contribution in [1.82, 2.24) is 4.90 Å². The van der Waals surface area contributed by atoms with Crippen molar-refractivity contribution in [2.75, 3.05) is 19.6 Å². The highest BCUT2D eigenvalue weighted by Gasteiger charge is 2.12. The normalized spacial score (nSPS) is 16.6. The number of aliphatic carboxylic acids is 1. The van der Waals surface area contributed by atoms with Crippen LogP contribution in [-0.4, -0.2) is 35.6 Å². The summed E-state index contributed by atoms with van der Waals surface area (Å²) in [7, 11) is 0. The van der Waals surface area contributed by atoms with Crippen LogP contribution in [0.15, 0.2) is 0 Å². The number of hydrogen-bond donors (Lipinski definition) is 1. The Bertz CT molecular complexity index is 225. The highest BCUT2D eigenvalue weighted by molar-refractivity contribution is 5.69. The van der Waals surface area contributed by atoms with E-state index in [0.717, 1.165) is 25.7 Å². The van der Waals surface area contributed by atoms with Gasteiger partial charge < -0.3 is 10.0 Å². The van der Waals surface area contributed by atoms with E-state index in [1.807, 2.05) is 6.92 Å². The van der Waals surface area contributed by atoms with Crippen molar-refractivity contribution < 1.29 is 9.90 Å². The van der Waals surface area contributed by atoms with Crippen LogP contribution in [0, 0.1) is 5.92 Å². The second-order valence-corrected chi connectivity index (χ2v) is 5.84. The smallest absolute Gasteiger partial charge is 0.306 e. The van der Waals surface area contributed by atoms with Gasteiger partial charge in [0.2, 0.25) is 0 Å². The van der Waals surface area contributed by atoms with Crippen molar-refractivity contribution in [1.29, 1.82) is 0 Å². The number of hydrogen-bond acceptors (Lipinski definition) is 2. The minimum Gasteiger partial charge on any atom is -0.481 e. The van der Waals surface area contributed by atoms with Gasteiger partial charge >= 0.3 is 5.97 Å². The summed E-state index contributed by atoms with van der Waals surface area (Å²) in [4.78, 5) is 13.0. The van der Waals surface area contributed by atoms with Crippen molar-refractivity contribution in [2.24, 2.45) is 5.92 Å². The molecule has 0 radical (unpaired) electrons. The largest absolute Gasteiger partial charge is 0.481 e.